The number of carboxylic acid groups (broad SMARTS) is 1. The van der Waals surface area contributed by atoms with E-state index in [0.29, 0.717) is 19.4 Å². The Labute approximate surface area is 142 Å². The molecule has 1 heterocycles. The lowest BCUT2D eigenvalue weighted by atomic mass is 10.0. The molecule has 0 radical (unpaired) electrons. The molecule has 0 saturated carbocycles. The SMILES string of the molecule is CCS(=O)(=O)c1ccc(CCC(=O)N2CCCCC2C(=O)O)cc1. The standard InChI is InChI=1S/C17H23NO5S/c1-2-24(22,23)14-9-6-13(7-10-14)8-11-16(19)18-12-4-3-5-15(18)17(20)21/h6-7,9-10,15H,2-5,8,11-12H2,1H3,(H,20,21). The third-order valence-electron chi connectivity index (χ3n) is 4.40. The number of rotatable bonds is 6. The molecule has 7 heteroatoms. The summed E-state index contributed by atoms with van der Waals surface area (Å²) in [4.78, 5) is 25.3. The number of piperidine rings is 1. The van der Waals surface area contributed by atoms with Crippen molar-refractivity contribution in [2.75, 3.05) is 12.3 Å². The fourth-order valence-corrected chi connectivity index (χ4v) is 3.80. The van der Waals surface area contributed by atoms with Crippen LogP contribution in [0.5, 0.6) is 0 Å². The summed E-state index contributed by atoms with van der Waals surface area (Å²) >= 11 is 0. The summed E-state index contributed by atoms with van der Waals surface area (Å²) in [6, 6.07) is 5.81. The molecule has 1 unspecified atom stereocenters. The van der Waals surface area contributed by atoms with E-state index in [1.165, 1.54) is 4.90 Å². The summed E-state index contributed by atoms with van der Waals surface area (Å²) in [6.07, 6.45) is 2.86. The van der Waals surface area contributed by atoms with Gasteiger partial charge in [0.05, 0.1) is 10.6 Å². The second-order valence-electron chi connectivity index (χ2n) is 5.98. The highest BCUT2D eigenvalue weighted by molar-refractivity contribution is 7.91. The van der Waals surface area contributed by atoms with Gasteiger partial charge in [-0.05, 0) is 43.4 Å². The van der Waals surface area contributed by atoms with Crippen LogP contribution < -0.4 is 0 Å². The van der Waals surface area contributed by atoms with Crippen molar-refractivity contribution in [3.8, 4) is 0 Å². The van der Waals surface area contributed by atoms with Gasteiger partial charge in [0.15, 0.2) is 9.84 Å². The van der Waals surface area contributed by atoms with Gasteiger partial charge in [0.1, 0.15) is 6.04 Å². The number of sulfone groups is 1. The third-order valence-corrected chi connectivity index (χ3v) is 6.15. The number of hydrogen-bond donors (Lipinski definition) is 1. The van der Waals surface area contributed by atoms with Crippen molar-refractivity contribution in [3.63, 3.8) is 0 Å². The molecule has 0 spiro atoms. The molecule has 24 heavy (non-hydrogen) atoms. The molecule has 1 atom stereocenters. The van der Waals surface area contributed by atoms with Gasteiger partial charge >= 0.3 is 5.97 Å². The molecule has 1 N–H and O–H groups in total. The Bertz CT molecular complexity index is 696. The van der Waals surface area contributed by atoms with Gasteiger partial charge in [-0.1, -0.05) is 19.1 Å². The maximum atomic E-state index is 12.3. The topological polar surface area (TPSA) is 91.8 Å². The van der Waals surface area contributed by atoms with E-state index < -0.39 is 21.8 Å². The summed E-state index contributed by atoms with van der Waals surface area (Å²) in [5, 5.41) is 9.22. The van der Waals surface area contributed by atoms with Crippen LogP contribution in [0.15, 0.2) is 29.2 Å². The lowest BCUT2D eigenvalue weighted by Gasteiger charge is -2.33. The quantitative estimate of drug-likeness (QED) is 0.843. The zero-order valence-corrected chi connectivity index (χ0v) is 14.6. The van der Waals surface area contributed by atoms with E-state index in [4.69, 9.17) is 0 Å². The maximum Gasteiger partial charge on any atom is 0.326 e. The molecule has 1 saturated heterocycles. The Morgan fingerprint density at radius 1 is 1.21 bits per heavy atom. The number of nitrogens with zero attached hydrogens (tertiary/aromatic N) is 1. The molecule has 1 fully saturated rings. The van der Waals surface area contributed by atoms with E-state index in [2.05, 4.69) is 0 Å². The lowest BCUT2D eigenvalue weighted by Crippen LogP contribution is -2.48. The zero-order chi connectivity index (χ0) is 17.7. The first-order valence-corrected chi connectivity index (χ1v) is 9.84. The van der Waals surface area contributed by atoms with Crippen LogP contribution in [0.2, 0.25) is 0 Å². The van der Waals surface area contributed by atoms with E-state index in [9.17, 15) is 23.1 Å². The van der Waals surface area contributed by atoms with E-state index in [1.807, 2.05) is 0 Å². The number of aryl methyl sites for hydroxylation is 1. The van der Waals surface area contributed by atoms with Crippen LogP contribution in [0.25, 0.3) is 0 Å². The third kappa shape index (κ3) is 4.35. The van der Waals surface area contributed by atoms with Crippen LogP contribution in [0, 0.1) is 0 Å². The second kappa shape index (κ2) is 7.79. The van der Waals surface area contributed by atoms with Gasteiger partial charge in [-0.2, -0.15) is 0 Å². The van der Waals surface area contributed by atoms with Gasteiger partial charge in [-0.3, -0.25) is 4.79 Å². The van der Waals surface area contributed by atoms with Gasteiger partial charge < -0.3 is 10.0 Å². The Kier molecular flexibility index (Phi) is 5.99. The molecule has 1 amide bonds. The molecule has 1 aliphatic rings. The van der Waals surface area contributed by atoms with E-state index in [-0.39, 0.29) is 23.0 Å². The van der Waals surface area contributed by atoms with Crippen LogP contribution in [0.3, 0.4) is 0 Å². The largest absolute Gasteiger partial charge is 0.480 e. The van der Waals surface area contributed by atoms with Crippen molar-refractivity contribution < 1.29 is 23.1 Å². The van der Waals surface area contributed by atoms with Gasteiger partial charge in [0.2, 0.25) is 5.91 Å². The van der Waals surface area contributed by atoms with Crippen molar-refractivity contribution in [1.29, 1.82) is 0 Å². The molecule has 0 bridgehead atoms. The van der Waals surface area contributed by atoms with Crippen molar-refractivity contribution >= 4 is 21.7 Å². The molecule has 6 nitrogen and oxygen atoms in total. The molecular formula is C17H23NO5S. The van der Waals surface area contributed by atoms with E-state index in [1.54, 1.807) is 31.2 Å². The van der Waals surface area contributed by atoms with Crippen LogP contribution in [-0.2, 0) is 25.8 Å². The Morgan fingerprint density at radius 2 is 1.88 bits per heavy atom. The number of amides is 1. The van der Waals surface area contributed by atoms with Crippen molar-refractivity contribution in [2.45, 2.75) is 50.0 Å². The van der Waals surface area contributed by atoms with Gasteiger partial charge in [0.25, 0.3) is 0 Å². The molecule has 0 aliphatic carbocycles. The smallest absolute Gasteiger partial charge is 0.326 e. The second-order valence-corrected chi connectivity index (χ2v) is 8.26. The van der Waals surface area contributed by atoms with Crippen LogP contribution in [0.1, 0.15) is 38.2 Å². The number of benzene rings is 1. The molecule has 0 aromatic heterocycles. The number of carboxylic acids is 1. The predicted molar refractivity (Wildman–Crippen MR) is 89.5 cm³/mol. The van der Waals surface area contributed by atoms with Crippen LogP contribution in [0.4, 0.5) is 0 Å². The van der Waals surface area contributed by atoms with Crippen molar-refractivity contribution in [2.24, 2.45) is 0 Å². The van der Waals surface area contributed by atoms with Gasteiger partial charge in [-0.15, -0.1) is 0 Å². The fraction of sp³-hybridized carbons (Fsp3) is 0.529. The minimum Gasteiger partial charge on any atom is -0.480 e. The monoisotopic (exact) mass is 353 g/mol. The Balaban J connectivity index is 1.97. The number of aliphatic carboxylic acids is 1. The number of likely N-dealkylation sites (tertiary alicyclic amines) is 1. The molecule has 1 aliphatic heterocycles. The first-order chi connectivity index (χ1) is 11.3. The predicted octanol–water partition coefficient (Wildman–Crippen LogP) is 1.88. The van der Waals surface area contributed by atoms with Gasteiger partial charge in [-0.25, -0.2) is 13.2 Å². The van der Waals surface area contributed by atoms with Gasteiger partial charge in [0, 0.05) is 13.0 Å². The first-order valence-electron chi connectivity index (χ1n) is 8.19. The van der Waals surface area contributed by atoms with Crippen LogP contribution in [-0.4, -0.2) is 48.6 Å². The molecule has 132 valence electrons. The van der Waals surface area contributed by atoms with E-state index >= 15 is 0 Å². The minimum absolute atomic E-state index is 0.0520. The summed E-state index contributed by atoms with van der Waals surface area (Å²) in [5.74, 6) is -1.05. The Morgan fingerprint density at radius 3 is 2.46 bits per heavy atom. The van der Waals surface area contributed by atoms with E-state index in [0.717, 1.165) is 18.4 Å². The highest BCUT2D eigenvalue weighted by Crippen LogP contribution is 2.19. The normalized spacial score (nSPS) is 18.4. The van der Waals surface area contributed by atoms with Crippen LogP contribution >= 0.6 is 0 Å². The average molecular weight is 353 g/mol. The number of carbonyl (C=O) groups excluding carboxylic acids is 1. The molecule has 1 aromatic carbocycles. The summed E-state index contributed by atoms with van der Waals surface area (Å²) < 4.78 is 23.5. The average Bonchev–Trinajstić information content (AvgIpc) is 2.60. The highest BCUT2D eigenvalue weighted by Gasteiger charge is 2.31. The zero-order valence-electron chi connectivity index (χ0n) is 13.8. The molecule has 2 rings (SSSR count). The molecular weight excluding hydrogens is 330 g/mol. The number of hydrogen-bond acceptors (Lipinski definition) is 4. The number of carbonyl (C=O) groups is 2. The maximum absolute atomic E-state index is 12.3. The lowest BCUT2D eigenvalue weighted by molar-refractivity contribution is -0.152. The highest BCUT2D eigenvalue weighted by atomic mass is 32.2. The van der Waals surface area contributed by atoms with Crippen molar-refractivity contribution in [3.05, 3.63) is 29.8 Å². The van der Waals surface area contributed by atoms with Crippen molar-refractivity contribution in [1.82, 2.24) is 4.90 Å². The summed E-state index contributed by atoms with van der Waals surface area (Å²) in [5.41, 5.74) is 0.863. The first kappa shape index (κ1) is 18.4. The molecule has 1 aromatic rings. The summed E-state index contributed by atoms with van der Waals surface area (Å²) in [7, 11) is -3.22. The minimum atomic E-state index is -3.22. The Hall–Kier alpha value is -1.89. The summed E-state index contributed by atoms with van der Waals surface area (Å²) in [6.45, 7) is 2.09. The fourth-order valence-electron chi connectivity index (χ4n) is 2.91.